The fourth-order valence-corrected chi connectivity index (χ4v) is 7.78. The first kappa shape index (κ1) is 24.2. The van der Waals surface area contributed by atoms with Crippen molar-refractivity contribution in [1.29, 1.82) is 5.26 Å². The van der Waals surface area contributed by atoms with Crippen molar-refractivity contribution >= 4 is 33.3 Å². The van der Waals surface area contributed by atoms with Gasteiger partial charge in [-0.1, -0.05) is 6.07 Å². The predicted octanol–water partition coefficient (Wildman–Crippen LogP) is 5.05. The van der Waals surface area contributed by atoms with Crippen molar-refractivity contribution in [3.05, 3.63) is 52.9 Å². The number of thiazole rings is 1. The van der Waals surface area contributed by atoms with Gasteiger partial charge in [0.15, 0.2) is 0 Å². The number of likely N-dealkylation sites (tertiary alicyclic amines) is 1. The minimum Gasteiger partial charge on any atom is -0.377 e. The largest absolute Gasteiger partial charge is 0.377 e. The fraction of sp³-hybridized carbons (Fsp3) is 0.400. The van der Waals surface area contributed by atoms with E-state index in [0.717, 1.165) is 80.1 Å². The maximum atomic E-state index is 9.48. The highest BCUT2D eigenvalue weighted by Crippen LogP contribution is 2.52. The molecule has 0 saturated carbocycles. The summed E-state index contributed by atoms with van der Waals surface area (Å²) in [6, 6.07) is 8.96. The average Bonchev–Trinajstić information content (AvgIpc) is 3.71. The van der Waals surface area contributed by atoms with E-state index in [1.165, 1.54) is 5.56 Å². The van der Waals surface area contributed by atoms with Crippen molar-refractivity contribution in [1.82, 2.24) is 29.6 Å². The van der Waals surface area contributed by atoms with Gasteiger partial charge >= 0.3 is 0 Å². The van der Waals surface area contributed by atoms with Crippen LogP contribution in [0.2, 0.25) is 0 Å². The minimum absolute atomic E-state index is 0.152. The van der Waals surface area contributed by atoms with Crippen molar-refractivity contribution < 1.29 is 9.47 Å². The maximum Gasteiger partial charge on any atom is 0.138 e. The summed E-state index contributed by atoms with van der Waals surface area (Å²) in [6.07, 6.45) is 8.11. The molecule has 10 heteroatoms. The Balaban J connectivity index is 1.30. The summed E-state index contributed by atoms with van der Waals surface area (Å²) in [5.74, 6) is 0. The zero-order chi connectivity index (χ0) is 27.1. The normalized spacial score (nSPS) is 19.7. The first-order chi connectivity index (χ1) is 19.5. The Labute approximate surface area is 235 Å². The van der Waals surface area contributed by atoms with Crippen LogP contribution in [0.1, 0.15) is 35.4 Å². The lowest BCUT2D eigenvalue weighted by Gasteiger charge is -2.52. The van der Waals surface area contributed by atoms with Crippen molar-refractivity contribution in [2.24, 2.45) is 7.05 Å². The first-order valence-electron chi connectivity index (χ1n) is 13.7. The number of ether oxygens (including phenoxy) is 2. The van der Waals surface area contributed by atoms with Gasteiger partial charge in [-0.25, -0.2) is 9.97 Å². The molecule has 0 amide bonds. The standard InChI is InChI=1S/C30H29N7O2S/c1-18-32-14-23(40-18)27-24(19-3-4-22-20(11-19)13-34-36(22)2)25-26-21(12-33-28(25)35-27)15-39-30(26)6-9-37(10-7-30)29(5-8-31)16-38-17-29/h3-4,11-14H,5-7,9-10,15-17H2,1-2H3,(H,33,35). The minimum atomic E-state index is -0.387. The summed E-state index contributed by atoms with van der Waals surface area (Å²) in [6.45, 7) is 5.61. The fourth-order valence-electron chi connectivity index (χ4n) is 7.00. The quantitative estimate of drug-likeness (QED) is 0.333. The molecule has 3 aliphatic heterocycles. The number of aromatic amines is 1. The number of nitrogens with zero attached hydrogens (tertiary/aromatic N) is 6. The predicted molar refractivity (Wildman–Crippen MR) is 153 cm³/mol. The molecule has 2 fully saturated rings. The summed E-state index contributed by atoms with van der Waals surface area (Å²) < 4.78 is 14.2. The van der Waals surface area contributed by atoms with E-state index in [1.54, 1.807) is 11.3 Å². The monoisotopic (exact) mass is 551 g/mol. The van der Waals surface area contributed by atoms with E-state index in [9.17, 15) is 5.26 Å². The van der Waals surface area contributed by atoms with Crippen LogP contribution < -0.4 is 0 Å². The van der Waals surface area contributed by atoms with Crippen molar-refractivity contribution in [2.45, 2.75) is 43.9 Å². The van der Waals surface area contributed by atoms with E-state index >= 15 is 0 Å². The van der Waals surface area contributed by atoms with Gasteiger partial charge < -0.3 is 14.5 Å². The first-order valence-corrected chi connectivity index (χ1v) is 14.5. The molecule has 0 radical (unpaired) electrons. The Bertz CT molecular complexity index is 1830. The van der Waals surface area contributed by atoms with E-state index in [2.05, 4.69) is 44.2 Å². The van der Waals surface area contributed by atoms with Gasteiger partial charge in [0.1, 0.15) is 5.65 Å². The summed E-state index contributed by atoms with van der Waals surface area (Å²) in [5.41, 5.74) is 7.18. The van der Waals surface area contributed by atoms with Crippen LogP contribution in [0, 0.1) is 18.3 Å². The molecule has 0 bridgehead atoms. The summed E-state index contributed by atoms with van der Waals surface area (Å²) in [5, 5.41) is 17.2. The second kappa shape index (κ2) is 8.69. The highest BCUT2D eigenvalue weighted by atomic mass is 32.1. The molecular weight excluding hydrogens is 522 g/mol. The van der Waals surface area contributed by atoms with E-state index in [1.807, 2.05) is 37.2 Å². The molecule has 3 aliphatic rings. The highest BCUT2D eigenvalue weighted by Gasteiger charge is 2.51. The number of aromatic nitrogens is 5. The van der Waals surface area contributed by atoms with Gasteiger partial charge in [-0.2, -0.15) is 10.4 Å². The van der Waals surface area contributed by atoms with Crippen LogP contribution in [0.25, 0.3) is 43.6 Å². The van der Waals surface area contributed by atoms with Gasteiger partial charge in [-0.05, 0) is 37.5 Å². The molecular formula is C30H29N7O2S. The third-order valence-corrected chi connectivity index (χ3v) is 10.1. The number of pyridine rings is 1. The number of rotatable bonds is 4. The number of hydrogen-bond donors (Lipinski definition) is 1. The van der Waals surface area contributed by atoms with Crippen molar-refractivity contribution in [3.8, 4) is 27.8 Å². The van der Waals surface area contributed by atoms with Crippen LogP contribution in [0.4, 0.5) is 0 Å². The number of aryl methyl sites for hydroxylation is 2. The molecule has 1 aromatic carbocycles. The Hall–Kier alpha value is -3.62. The second-order valence-electron chi connectivity index (χ2n) is 11.4. The van der Waals surface area contributed by atoms with Crippen LogP contribution >= 0.6 is 11.3 Å². The number of H-pyrrole nitrogens is 1. The molecule has 40 heavy (non-hydrogen) atoms. The SMILES string of the molecule is Cc1ncc(-c2[nH]c3ncc4c(c3c2-c2ccc3c(cnn3C)c2)C2(CCN(C3(CC#N)COC3)CC2)OC4)s1. The molecule has 2 saturated heterocycles. The molecule has 0 aliphatic carbocycles. The van der Waals surface area contributed by atoms with Gasteiger partial charge in [0.2, 0.25) is 0 Å². The Morgan fingerprint density at radius 3 is 2.73 bits per heavy atom. The Morgan fingerprint density at radius 2 is 2.00 bits per heavy atom. The van der Waals surface area contributed by atoms with Crippen LogP contribution in [0.5, 0.6) is 0 Å². The number of benzene rings is 1. The van der Waals surface area contributed by atoms with E-state index < -0.39 is 0 Å². The molecule has 4 aromatic heterocycles. The zero-order valence-corrected chi connectivity index (χ0v) is 23.3. The van der Waals surface area contributed by atoms with Gasteiger partial charge in [0.05, 0.1) is 70.7 Å². The Kier molecular flexibility index (Phi) is 5.26. The van der Waals surface area contributed by atoms with Gasteiger partial charge in [-0.3, -0.25) is 9.58 Å². The number of hydrogen-bond acceptors (Lipinski definition) is 8. The third-order valence-electron chi connectivity index (χ3n) is 9.15. The molecule has 1 spiro atoms. The maximum absolute atomic E-state index is 9.48. The Morgan fingerprint density at radius 1 is 1.15 bits per heavy atom. The number of fused-ring (bicyclic) bond motifs is 5. The van der Waals surface area contributed by atoms with Gasteiger partial charge in [-0.15, -0.1) is 11.3 Å². The molecule has 7 heterocycles. The molecule has 0 unspecified atom stereocenters. The lowest BCUT2D eigenvalue weighted by molar-refractivity contribution is -0.166. The van der Waals surface area contributed by atoms with E-state index in [-0.39, 0.29) is 11.1 Å². The van der Waals surface area contributed by atoms with E-state index in [0.29, 0.717) is 26.2 Å². The number of piperidine rings is 1. The molecule has 202 valence electrons. The van der Waals surface area contributed by atoms with Crippen molar-refractivity contribution in [3.63, 3.8) is 0 Å². The zero-order valence-electron chi connectivity index (χ0n) is 22.5. The number of nitriles is 1. The van der Waals surface area contributed by atoms with Crippen LogP contribution in [0.15, 0.2) is 36.8 Å². The molecule has 8 rings (SSSR count). The highest BCUT2D eigenvalue weighted by molar-refractivity contribution is 7.15. The van der Waals surface area contributed by atoms with Gasteiger partial charge in [0.25, 0.3) is 0 Å². The van der Waals surface area contributed by atoms with Crippen LogP contribution in [-0.2, 0) is 28.7 Å². The smallest absolute Gasteiger partial charge is 0.138 e. The lowest BCUT2D eigenvalue weighted by atomic mass is 9.79. The average molecular weight is 552 g/mol. The van der Waals surface area contributed by atoms with Crippen LogP contribution in [-0.4, -0.2) is 61.5 Å². The van der Waals surface area contributed by atoms with Gasteiger partial charge in [0, 0.05) is 60.0 Å². The molecule has 5 aromatic rings. The third kappa shape index (κ3) is 3.38. The number of nitrogens with one attached hydrogen (secondary N) is 1. The topological polar surface area (TPSA) is 105 Å². The second-order valence-corrected chi connectivity index (χ2v) is 12.6. The van der Waals surface area contributed by atoms with Crippen molar-refractivity contribution in [2.75, 3.05) is 26.3 Å². The summed E-state index contributed by atoms with van der Waals surface area (Å²) in [4.78, 5) is 16.7. The molecule has 1 N–H and O–H groups in total. The van der Waals surface area contributed by atoms with Crippen LogP contribution in [0.3, 0.4) is 0 Å². The summed E-state index contributed by atoms with van der Waals surface area (Å²) >= 11 is 1.69. The van der Waals surface area contributed by atoms with E-state index in [4.69, 9.17) is 14.5 Å². The molecule has 0 atom stereocenters. The summed E-state index contributed by atoms with van der Waals surface area (Å²) in [7, 11) is 1.97. The lowest BCUT2D eigenvalue weighted by Crippen LogP contribution is -2.64. The molecule has 9 nitrogen and oxygen atoms in total.